The number of nitrogens with one attached hydrogen (secondary N) is 1. The lowest BCUT2D eigenvalue weighted by Gasteiger charge is -2.04. The summed E-state index contributed by atoms with van der Waals surface area (Å²) in [6, 6.07) is 5.60. The SMILES string of the molecule is Cn1cc(N)c(Nc2ccc3c(c2)OCO3)n1. The van der Waals surface area contributed by atoms with Crippen LogP contribution in [0.1, 0.15) is 0 Å². The number of anilines is 3. The Morgan fingerprint density at radius 2 is 2.18 bits per heavy atom. The number of benzene rings is 1. The van der Waals surface area contributed by atoms with Gasteiger partial charge in [-0.2, -0.15) is 5.10 Å². The van der Waals surface area contributed by atoms with Crippen LogP contribution in [0.2, 0.25) is 0 Å². The van der Waals surface area contributed by atoms with Crippen LogP contribution < -0.4 is 20.5 Å². The van der Waals surface area contributed by atoms with Crippen molar-refractivity contribution in [3.63, 3.8) is 0 Å². The zero-order valence-corrected chi connectivity index (χ0v) is 9.30. The molecule has 3 N–H and O–H groups in total. The monoisotopic (exact) mass is 232 g/mol. The second-order valence-electron chi connectivity index (χ2n) is 3.80. The third kappa shape index (κ3) is 1.73. The maximum Gasteiger partial charge on any atom is 0.231 e. The zero-order valence-electron chi connectivity index (χ0n) is 9.30. The number of aryl methyl sites for hydroxylation is 1. The van der Waals surface area contributed by atoms with Gasteiger partial charge < -0.3 is 20.5 Å². The highest BCUT2D eigenvalue weighted by Gasteiger charge is 2.14. The first-order chi connectivity index (χ1) is 8.22. The van der Waals surface area contributed by atoms with E-state index in [2.05, 4.69) is 10.4 Å². The fourth-order valence-corrected chi connectivity index (χ4v) is 1.71. The number of nitrogens with zero attached hydrogens (tertiary/aromatic N) is 2. The molecule has 3 rings (SSSR count). The molecule has 0 aliphatic carbocycles. The third-order valence-corrected chi connectivity index (χ3v) is 2.49. The maximum absolute atomic E-state index is 5.80. The Balaban J connectivity index is 1.88. The number of ether oxygens (including phenoxy) is 2. The molecule has 0 atom stereocenters. The van der Waals surface area contributed by atoms with Crippen molar-refractivity contribution in [1.82, 2.24) is 9.78 Å². The number of hydrogen-bond donors (Lipinski definition) is 2. The molecule has 1 aliphatic rings. The van der Waals surface area contributed by atoms with Gasteiger partial charge in [-0.05, 0) is 12.1 Å². The number of fused-ring (bicyclic) bond motifs is 1. The average Bonchev–Trinajstić information content (AvgIpc) is 2.85. The molecule has 0 radical (unpaired) electrons. The number of rotatable bonds is 2. The molecule has 88 valence electrons. The number of nitrogen functional groups attached to an aromatic ring is 1. The number of nitrogens with two attached hydrogens (primary N) is 1. The van der Waals surface area contributed by atoms with Crippen molar-refractivity contribution < 1.29 is 9.47 Å². The molecule has 0 amide bonds. The fourth-order valence-electron chi connectivity index (χ4n) is 1.71. The molecule has 6 nitrogen and oxygen atoms in total. The van der Waals surface area contributed by atoms with Gasteiger partial charge in [-0.15, -0.1) is 0 Å². The van der Waals surface area contributed by atoms with E-state index in [-0.39, 0.29) is 6.79 Å². The molecule has 1 aromatic heterocycles. The highest BCUT2D eigenvalue weighted by molar-refractivity contribution is 5.69. The van der Waals surface area contributed by atoms with Crippen molar-refractivity contribution in [2.75, 3.05) is 17.8 Å². The van der Waals surface area contributed by atoms with E-state index in [9.17, 15) is 0 Å². The van der Waals surface area contributed by atoms with Crippen LogP contribution in [0.3, 0.4) is 0 Å². The van der Waals surface area contributed by atoms with Crippen LogP contribution in [0.5, 0.6) is 11.5 Å². The lowest BCUT2D eigenvalue weighted by Crippen LogP contribution is -1.95. The van der Waals surface area contributed by atoms with Crippen LogP contribution in [0.4, 0.5) is 17.2 Å². The van der Waals surface area contributed by atoms with Crippen LogP contribution >= 0.6 is 0 Å². The summed E-state index contributed by atoms with van der Waals surface area (Å²) in [7, 11) is 1.82. The lowest BCUT2D eigenvalue weighted by atomic mass is 10.3. The Morgan fingerprint density at radius 1 is 1.35 bits per heavy atom. The first-order valence-corrected chi connectivity index (χ1v) is 5.18. The van der Waals surface area contributed by atoms with Crippen molar-refractivity contribution in [3.05, 3.63) is 24.4 Å². The lowest BCUT2D eigenvalue weighted by molar-refractivity contribution is 0.174. The Bertz CT molecular complexity index is 565. The molecule has 6 heteroatoms. The quantitative estimate of drug-likeness (QED) is 0.820. The summed E-state index contributed by atoms with van der Waals surface area (Å²) < 4.78 is 12.2. The Morgan fingerprint density at radius 3 is 2.94 bits per heavy atom. The molecule has 1 aliphatic heterocycles. The first-order valence-electron chi connectivity index (χ1n) is 5.18. The average molecular weight is 232 g/mol. The van der Waals surface area contributed by atoms with E-state index in [1.807, 2.05) is 25.2 Å². The summed E-state index contributed by atoms with van der Waals surface area (Å²) in [4.78, 5) is 0. The van der Waals surface area contributed by atoms with Gasteiger partial charge in [-0.3, -0.25) is 4.68 Å². The molecular weight excluding hydrogens is 220 g/mol. The summed E-state index contributed by atoms with van der Waals surface area (Å²) in [5.41, 5.74) is 7.26. The second kappa shape index (κ2) is 3.58. The van der Waals surface area contributed by atoms with Crippen molar-refractivity contribution in [3.8, 4) is 11.5 Å². The van der Waals surface area contributed by atoms with Crippen LogP contribution in [0.25, 0.3) is 0 Å². The first kappa shape index (κ1) is 9.83. The predicted octanol–water partition coefficient (Wildman–Crippen LogP) is 1.47. The van der Waals surface area contributed by atoms with Crippen molar-refractivity contribution in [2.24, 2.45) is 7.05 Å². The standard InChI is InChI=1S/C11H12N4O2/c1-15-5-8(12)11(14-15)13-7-2-3-9-10(4-7)17-6-16-9/h2-5H,6,12H2,1H3,(H,13,14). The summed E-state index contributed by atoms with van der Waals surface area (Å²) in [5.74, 6) is 2.11. The normalized spacial score (nSPS) is 12.8. The smallest absolute Gasteiger partial charge is 0.231 e. The van der Waals surface area contributed by atoms with Gasteiger partial charge in [-0.25, -0.2) is 0 Å². The molecule has 0 saturated heterocycles. The van der Waals surface area contributed by atoms with Gasteiger partial charge in [0, 0.05) is 25.0 Å². The van der Waals surface area contributed by atoms with E-state index in [4.69, 9.17) is 15.2 Å². The van der Waals surface area contributed by atoms with E-state index in [1.165, 1.54) is 0 Å². The van der Waals surface area contributed by atoms with Gasteiger partial charge in [0.25, 0.3) is 0 Å². The highest BCUT2D eigenvalue weighted by Crippen LogP contribution is 2.35. The molecular formula is C11H12N4O2. The summed E-state index contributed by atoms with van der Waals surface area (Å²) >= 11 is 0. The van der Waals surface area contributed by atoms with E-state index in [0.717, 1.165) is 17.2 Å². The third-order valence-electron chi connectivity index (χ3n) is 2.49. The Labute approximate surface area is 97.9 Å². The van der Waals surface area contributed by atoms with E-state index in [1.54, 1.807) is 10.9 Å². The largest absolute Gasteiger partial charge is 0.454 e. The molecule has 0 saturated carbocycles. The molecule has 2 aromatic rings. The minimum Gasteiger partial charge on any atom is -0.454 e. The van der Waals surface area contributed by atoms with Gasteiger partial charge in [0.05, 0.1) is 5.69 Å². The molecule has 0 spiro atoms. The zero-order chi connectivity index (χ0) is 11.8. The van der Waals surface area contributed by atoms with E-state index < -0.39 is 0 Å². The van der Waals surface area contributed by atoms with Crippen molar-refractivity contribution >= 4 is 17.2 Å². The van der Waals surface area contributed by atoms with Gasteiger partial charge in [-0.1, -0.05) is 0 Å². The molecule has 0 bridgehead atoms. The van der Waals surface area contributed by atoms with Gasteiger partial charge in [0.2, 0.25) is 6.79 Å². The highest BCUT2D eigenvalue weighted by atomic mass is 16.7. The maximum atomic E-state index is 5.80. The van der Waals surface area contributed by atoms with Crippen molar-refractivity contribution in [2.45, 2.75) is 0 Å². The Kier molecular flexibility index (Phi) is 2.07. The van der Waals surface area contributed by atoms with Crippen LogP contribution in [0, 0.1) is 0 Å². The van der Waals surface area contributed by atoms with E-state index >= 15 is 0 Å². The Hall–Kier alpha value is -2.37. The minimum atomic E-state index is 0.268. The number of hydrogen-bond acceptors (Lipinski definition) is 5. The topological polar surface area (TPSA) is 74.3 Å². The predicted molar refractivity (Wildman–Crippen MR) is 63.5 cm³/mol. The minimum absolute atomic E-state index is 0.268. The van der Waals surface area contributed by atoms with E-state index in [0.29, 0.717) is 11.5 Å². The van der Waals surface area contributed by atoms with Gasteiger partial charge in [0.1, 0.15) is 0 Å². The van der Waals surface area contributed by atoms with Crippen LogP contribution in [0.15, 0.2) is 24.4 Å². The summed E-state index contributed by atoms with van der Waals surface area (Å²) in [6.45, 7) is 0.268. The summed E-state index contributed by atoms with van der Waals surface area (Å²) in [5, 5.41) is 7.34. The molecule has 2 heterocycles. The molecule has 17 heavy (non-hydrogen) atoms. The van der Waals surface area contributed by atoms with Crippen LogP contribution in [-0.2, 0) is 7.05 Å². The van der Waals surface area contributed by atoms with Crippen LogP contribution in [-0.4, -0.2) is 16.6 Å². The second-order valence-corrected chi connectivity index (χ2v) is 3.80. The number of aromatic nitrogens is 2. The van der Waals surface area contributed by atoms with Gasteiger partial charge >= 0.3 is 0 Å². The summed E-state index contributed by atoms with van der Waals surface area (Å²) in [6.07, 6.45) is 1.75. The molecule has 0 unspecified atom stereocenters. The fraction of sp³-hybridized carbons (Fsp3) is 0.182. The van der Waals surface area contributed by atoms with Gasteiger partial charge in [0.15, 0.2) is 17.3 Å². The van der Waals surface area contributed by atoms with Crippen molar-refractivity contribution in [1.29, 1.82) is 0 Å². The molecule has 0 fully saturated rings. The molecule has 1 aromatic carbocycles.